The average Bonchev–Trinajstić information content (AvgIpc) is 3.20. The van der Waals surface area contributed by atoms with Gasteiger partial charge in [0.25, 0.3) is 0 Å². The van der Waals surface area contributed by atoms with Gasteiger partial charge in [-0.2, -0.15) is 0 Å². The van der Waals surface area contributed by atoms with Crippen molar-refractivity contribution in [2.75, 3.05) is 0 Å². The quantitative estimate of drug-likeness (QED) is 0.252. The Bertz CT molecular complexity index is 640. The number of hydrogen-bond acceptors (Lipinski definition) is 6. The Balaban J connectivity index is 2.00. The predicted molar refractivity (Wildman–Crippen MR) is 116 cm³/mol. The molecule has 0 spiro atoms. The van der Waals surface area contributed by atoms with Crippen molar-refractivity contribution in [3.63, 3.8) is 0 Å². The van der Waals surface area contributed by atoms with E-state index in [2.05, 4.69) is 6.92 Å². The van der Waals surface area contributed by atoms with Crippen LogP contribution < -0.4 is 0 Å². The summed E-state index contributed by atoms with van der Waals surface area (Å²) < 4.78 is 16.8. The number of allylic oxidation sites excluding steroid dienone is 2. The molecule has 176 valence electrons. The number of carboxylic acids is 1. The van der Waals surface area contributed by atoms with Crippen LogP contribution in [0.3, 0.4) is 0 Å². The molecule has 0 amide bonds. The molecule has 0 radical (unpaired) electrons. The zero-order valence-corrected chi connectivity index (χ0v) is 19.0. The molecule has 1 heterocycles. The number of carbonyl (C=O) groups is 2. The summed E-state index contributed by atoms with van der Waals surface area (Å²) in [5.41, 5.74) is 0. The monoisotopic (exact) mass is 438 g/mol. The lowest BCUT2D eigenvalue weighted by atomic mass is 9.90. The summed E-state index contributed by atoms with van der Waals surface area (Å²) >= 11 is 0. The number of aliphatic carboxylic acids is 1. The molecule has 2 aliphatic rings. The number of carboxylic acid groups (broad SMARTS) is 1. The van der Waals surface area contributed by atoms with E-state index in [1.807, 2.05) is 18.2 Å². The molecular weight excluding hydrogens is 400 g/mol. The lowest BCUT2D eigenvalue weighted by molar-refractivity contribution is -0.137. The summed E-state index contributed by atoms with van der Waals surface area (Å²) in [6.45, 7) is 5.68. The second-order valence-corrected chi connectivity index (χ2v) is 8.81. The summed E-state index contributed by atoms with van der Waals surface area (Å²) in [6, 6.07) is 0. The zero-order valence-electron chi connectivity index (χ0n) is 19.0. The van der Waals surface area contributed by atoms with Crippen LogP contribution in [0.15, 0.2) is 24.0 Å². The van der Waals surface area contributed by atoms with Crippen LogP contribution in [0.4, 0.5) is 4.79 Å². The molecule has 7 nitrogen and oxygen atoms in total. The van der Waals surface area contributed by atoms with Crippen molar-refractivity contribution in [1.29, 1.82) is 0 Å². The maximum absolute atomic E-state index is 12.1. The molecule has 0 unspecified atom stereocenters. The van der Waals surface area contributed by atoms with Gasteiger partial charge >= 0.3 is 12.1 Å². The van der Waals surface area contributed by atoms with E-state index in [1.165, 1.54) is 0 Å². The molecule has 0 bridgehead atoms. The molecule has 5 atom stereocenters. The fraction of sp³-hybridized carbons (Fsp3) is 0.750. The Morgan fingerprint density at radius 3 is 2.71 bits per heavy atom. The Hall–Kier alpha value is -2.02. The van der Waals surface area contributed by atoms with E-state index in [9.17, 15) is 14.7 Å². The van der Waals surface area contributed by atoms with Gasteiger partial charge < -0.3 is 24.4 Å². The van der Waals surface area contributed by atoms with Gasteiger partial charge in [0.05, 0.1) is 18.0 Å². The van der Waals surface area contributed by atoms with Crippen LogP contribution in [-0.4, -0.2) is 46.8 Å². The fourth-order valence-electron chi connectivity index (χ4n) is 4.30. The minimum absolute atomic E-state index is 0.0598. The van der Waals surface area contributed by atoms with Gasteiger partial charge in [0.1, 0.15) is 12.2 Å². The number of unbranched alkanes of at least 4 members (excludes halogenated alkanes) is 3. The van der Waals surface area contributed by atoms with Crippen LogP contribution in [0.5, 0.6) is 0 Å². The summed E-state index contributed by atoms with van der Waals surface area (Å²) in [7, 11) is 0. The molecule has 1 saturated heterocycles. The van der Waals surface area contributed by atoms with E-state index in [-0.39, 0.29) is 36.6 Å². The lowest BCUT2D eigenvalue weighted by Gasteiger charge is -2.21. The number of aliphatic hydroxyl groups is 1. The van der Waals surface area contributed by atoms with Crippen LogP contribution >= 0.6 is 0 Å². The lowest BCUT2D eigenvalue weighted by Crippen LogP contribution is -2.26. The van der Waals surface area contributed by atoms with Gasteiger partial charge in [-0.1, -0.05) is 38.3 Å². The average molecular weight is 439 g/mol. The van der Waals surface area contributed by atoms with E-state index < -0.39 is 18.2 Å². The van der Waals surface area contributed by atoms with E-state index in [0.717, 1.165) is 37.9 Å². The maximum atomic E-state index is 12.1. The number of rotatable bonds is 12. The van der Waals surface area contributed by atoms with Gasteiger partial charge in [0, 0.05) is 31.1 Å². The number of aliphatic hydroxyl groups excluding tert-OH is 1. The molecule has 7 heteroatoms. The molecular formula is C24H38O7. The number of carbonyl (C=O) groups excluding carboxylic acids is 1. The fourth-order valence-corrected chi connectivity index (χ4v) is 4.30. The summed E-state index contributed by atoms with van der Waals surface area (Å²) in [5, 5.41) is 19.1. The third-order valence-corrected chi connectivity index (χ3v) is 5.81. The highest BCUT2D eigenvalue weighted by Crippen LogP contribution is 2.47. The van der Waals surface area contributed by atoms with Crippen molar-refractivity contribution in [1.82, 2.24) is 0 Å². The molecule has 1 saturated carbocycles. The Morgan fingerprint density at radius 1 is 1.26 bits per heavy atom. The predicted octanol–water partition coefficient (Wildman–Crippen LogP) is 4.98. The van der Waals surface area contributed by atoms with Crippen molar-refractivity contribution < 1.29 is 34.0 Å². The Morgan fingerprint density at radius 2 is 2.03 bits per heavy atom. The number of ether oxygens (including phenoxy) is 3. The van der Waals surface area contributed by atoms with Crippen LogP contribution in [0.2, 0.25) is 0 Å². The summed E-state index contributed by atoms with van der Waals surface area (Å²) in [5.74, 6) is 0.182. The van der Waals surface area contributed by atoms with Crippen LogP contribution in [-0.2, 0) is 19.0 Å². The second kappa shape index (κ2) is 12.7. The van der Waals surface area contributed by atoms with Crippen molar-refractivity contribution in [3.8, 4) is 0 Å². The Labute approximate surface area is 185 Å². The van der Waals surface area contributed by atoms with Crippen molar-refractivity contribution in [3.05, 3.63) is 24.0 Å². The van der Waals surface area contributed by atoms with E-state index in [4.69, 9.17) is 19.3 Å². The smallest absolute Gasteiger partial charge is 0.495 e. The van der Waals surface area contributed by atoms with Crippen molar-refractivity contribution >= 4 is 12.1 Å². The van der Waals surface area contributed by atoms with Gasteiger partial charge in [0.2, 0.25) is 0 Å². The van der Waals surface area contributed by atoms with Gasteiger partial charge in [-0.3, -0.25) is 4.79 Å². The summed E-state index contributed by atoms with van der Waals surface area (Å²) in [6.07, 6.45) is 10.5. The summed E-state index contributed by atoms with van der Waals surface area (Å²) in [4.78, 5) is 22.7. The van der Waals surface area contributed by atoms with E-state index in [0.29, 0.717) is 19.3 Å². The van der Waals surface area contributed by atoms with Gasteiger partial charge in [-0.15, -0.1) is 0 Å². The molecule has 31 heavy (non-hydrogen) atoms. The molecule has 2 rings (SSSR count). The molecule has 2 N–H and O–H groups in total. The SMILES string of the molecule is CCCCC[C@H](O)/C=C/[C@@H]1[C@H]2C/C(=C/CCCC(=O)O)O[C@H]2C[C@H]1OC(=O)OC(C)C. The van der Waals surface area contributed by atoms with Gasteiger partial charge in [-0.25, -0.2) is 4.79 Å². The third-order valence-electron chi connectivity index (χ3n) is 5.81. The third kappa shape index (κ3) is 8.56. The zero-order chi connectivity index (χ0) is 22.8. The van der Waals surface area contributed by atoms with Crippen molar-refractivity contribution in [2.45, 2.75) is 103 Å². The highest BCUT2D eigenvalue weighted by Gasteiger charge is 2.49. The topological polar surface area (TPSA) is 102 Å². The van der Waals surface area contributed by atoms with Crippen LogP contribution in [0, 0.1) is 11.8 Å². The largest absolute Gasteiger partial charge is 0.508 e. The highest BCUT2D eigenvalue weighted by atomic mass is 16.7. The van der Waals surface area contributed by atoms with Crippen molar-refractivity contribution in [2.24, 2.45) is 11.8 Å². The van der Waals surface area contributed by atoms with Gasteiger partial charge in [-0.05, 0) is 39.2 Å². The van der Waals surface area contributed by atoms with Gasteiger partial charge in [0.15, 0.2) is 0 Å². The normalized spacial score (nSPS) is 27.5. The van der Waals surface area contributed by atoms with E-state index in [1.54, 1.807) is 13.8 Å². The first kappa shape index (κ1) is 25.2. The maximum Gasteiger partial charge on any atom is 0.508 e. The minimum atomic E-state index is -0.793. The Kier molecular flexibility index (Phi) is 10.4. The van der Waals surface area contributed by atoms with Crippen LogP contribution in [0.1, 0.15) is 78.6 Å². The molecule has 1 aliphatic carbocycles. The molecule has 0 aromatic heterocycles. The minimum Gasteiger partial charge on any atom is -0.495 e. The molecule has 0 aromatic carbocycles. The first-order valence-electron chi connectivity index (χ1n) is 11.6. The first-order valence-corrected chi connectivity index (χ1v) is 11.6. The number of fused-ring (bicyclic) bond motifs is 1. The second-order valence-electron chi connectivity index (χ2n) is 8.81. The number of hydrogen-bond donors (Lipinski definition) is 2. The molecule has 0 aromatic rings. The highest BCUT2D eigenvalue weighted by molar-refractivity contribution is 5.66. The molecule has 2 fully saturated rings. The standard InChI is InChI=1S/C24H38O7/c1-4-5-6-9-17(25)12-13-19-20-14-18(10-7-8-11-23(26)27)30-22(20)15-21(19)31-24(28)29-16(2)3/h10,12-13,16-17,19-22,25H,4-9,11,14-15H2,1-3H3,(H,26,27)/b13-12+,18-10-/t17-,19+,20+,21+,22-/m0/s1. The van der Waals surface area contributed by atoms with Crippen LogP contribution in [0.25, 0.3) is 0 Å². The van der Waals surface area contributed by atoms with E-state index >= 15 is 0 Å². The molecule has 1 aliphatic heterocycles. The first-order chi connectivity index (χ1) is 14.8.